The van der Waals surface area contributed by atoms with Gasteiger partial charge in [-0.1, -0.05) is 0 Å². The zero-order chi connectivity index (χ0) is 20.2. The Morgan fingerprint density at radius 3 is 2.15 bits per heavy atom. The number of benzene rings is 2. The van der Waals surface area contributed by atoms with E-state index in [9.17, 15) is 28.1 Å². The number of nitrogens with two attached hydrogens (primary N) is 1. The summed E-state index contributed by atoms with van der Waals surface area (Å²) in [5.74, 6) is -1.47. The number of amides is 1. The number of hydrogen-bond acceptors (Lipinski definition) is 7. The van der Waals surface area contributed by atoms with E-state index in [4.69, 9.17) is 9.88 Å². The van der Waals surface area contributed by atoms with Gasteiger partial charge in [-0.3, -0.25) is 14.9 Å². The van der Waals surface area contributed by atoms with Gasteiger partial charge in [-0.2, -0.15) is 0 Å². The molecular weight excluding hydrogens is 378 g/mol. The first kappa shape index (κ1) is 20.0. The summed E-state index contributed by atoms with van der Waals surface area (Å²) in [6, 6.07) is 9.85. The van der Waals surface area contributed by atoms with Gasteiger partial charge in [-0.05, 0) is 43.3 Å². The third kappa shape index (κ3) is 5.33. The molecule has 0 fully saturated rings. The molecule has 0 radical (unpaired) electrons. The largest absolute Gasteiger partial charge is 0.449 e. The zero-order valence-corrected chi connectivity index (χ0v) is 14.8. The summed E-state index contributed by atoms with van der Waals surface area (Å²) < 4.78 is 27.4. The highest BCUT2D eigenvalue weighted by atomic mass is 32.2. The minimum atomic E-state index is -3.84. The Hall–Kier alpha value is -3.31. The monoisotopic (exact) mass is 393 g/mol. The van der Waals surface area contributed by atoms with Crippen LogP contribution >= 0.6 is 0 Å². The number of anilines is 1. The number of carbonyl (C=O) groups excluding carboxylic acids is 2. The first-order valence-electron chi connectivity index (χ1n) is 7.47. The molecule has 2 rings (SSSR count). The average molecular weight is 393 g/mol. The number of nitrogens with one attached hydrogen (secondary N) is 1. The van der Waals surface area contributed by atoms with Gasteiger partial charge in [-0.15, -0.1) is 0 Å². The smallest absolute Gasteiger partial charge is 0.338 e. The van der Waals surface area contributed by atoms with E-state index in [0.717, 1.165) is 12.1 Å². The van der Waals surface area contributed by atoms with Crippen molar-refractivity contribution in [2.45, 2.75) is 17.9 Å². The number of nitrogens with zero attached hydrogens (tertiary/aromatic N) is 1. The fourth-order valence-electron chi connectivity index (χ4n) is 1.97. The third-order valence-corrected chi connectivity index (χ3v) is 4.35. The molecular formula is C16H15N3O7S. The third-order valence-electron chi connectivity index (χ3n) is 3.42. The molecule has 2 aromatic rings. The molecule has 142 valence electrons. The summed E-state index contributed by atoms with van der Waals surface area (Å²) in [6.45, 7) is 1.34. The number of non-ortho nitro benzene ring substituents is 1. The Balaban J connectivity index is 1.98. The second-order valence-electron chi connectivity index (χ2n) is 5.41. The van der Waals surface area contributed by atoms with E-state index in [1.54, 1.807) is 0 Å². The SMILES string of the molecule is CC(OC(=O)c1ccc([N+](=O)[O-])cc1)C(=O)Nc1ccc(S(N)(=O)=O)cc1. The van der Waals surface area contributed by atoms with Gasteiger partial charge in [-0.25, -0.2) is 18.4 Å². The van der Waals surface area contributed by atoms with Crippen molar-refractivity contribution in [1.29, 1.82) is 0 Å². The Bertz CT molecular complexity index is 970. The number of sulfonamides is 1. The number of nitro groups is 1. The standard InChI is InChI=1S/C16H15N3O7S/c1-10(26-16(21)11-2-6-13(7-3-11)19(22)23)15(20)18-12-4-8-14(9-5-12)27(17,24)25/h2-10H,1H3,(H,18,20)(H2,17,24,25). The lowest BCUT2D eigenvalue weighted by atomic mass is 10.2. The maximum atomic E-state index is 12.1. The quantitative estimate of drug-likeness (QED) is 0.426. The van der Waals surface area contributed by atoms with Gasteiger partial charge in [0.2, 0.25) is 10.0 Å². The predicted molar refractivity (Wildman–Crippen MR) is 94.4 cm³/mol. The molecule has 0 aromatic heterocycles. The zero-order valence-electron chi connectivity index (χ0n) is 14.0. The number of rotatable bonds is 6. The number of esters is 1. The summed E-state index contributed by atoms with van der Waals surface area (Å²) in [7, 11) is -3.84. The molecule has 0 aliphatic rings. The Labute approximate surface area is 154 Å². The van der Waals surface area contributed by atoms with Crippen molar-refractivity contribution in [2.75, 3.05) is 5.32 Å². The summed E-state index contributed by atoms with van der Waals surface area (Å²) in [5, 5.41) is 18.0. The van der Waals surface area contributed by atoms with Crippen LogP contribution in [0.15, 0.2) is 53.4 Å². The fraction of sp³-hybridized carbons (Fsp3) is 0.125. The first-order valence-corrected chi connectivity index (χ1v) is 9.02. The molecule has 0 bridgehead atoms. The molecule has 0 saturated heterocycles. The average Bonchev–Trinajstić information content (AvgIpc) is 2.61. The minimum Gasteiger partial charge on any atom is -0.449 e. The van der Waals surface area contributed by atoms with Crippen LogP contribution in [0.25, 0.3) is 0 Å². The van der Waals surface area contributed by atoms with E-state index in [1.165, 1.54) is 43.3 Å². The van der Waals surface area contributed by atoms with Gasteiger partial charge in [0, 0.05) is 17.8 Å². The van der Waals surface area contributed by atoms with E-state index in [1.807, 2.05) is 0 Å². The summed E-state index contributed by atoms with van der Waals surface area (Å²) >= 11 is 0. The lowest BCUT2D eigenvalue weighted by Crippen LogP contribution is -2.30. The van der Waals surface area contributed by atoms with Crippen LogP contribution in [-0.2, 0) is 19.6 Å². The van der Waals surface area contributed by atoms with Gasteiger partial charge < -0.3 is 10.1 Å². The number of carbonyl (C=O) groups is 2. The van der Waals surface area contributed by atoms with Crippen LogP contribution < -0.4 is 10.5 Å². The lowest BCUT2D eigenvalue weighted by molar-refractivity contribution is -0.384. The van der Waals surface area contributed by atoms with Crippen molar-refractivity contribution in [2.24, 2.45) is 5.14 Å². The topological polar surface area (TPSA) is 159 Å². The first-order chi connectivity index (χ1) is 12.6. The molecule has 3 N–H and O–H groups in total. The lowest BCUT2D eigenvalue weighted by Gasteiger charge is -2.13. The van der Waals surface area contributed by atoms with E-state index in [2.05, 4.69) is 5.32 Å². The number of hydrogen-bond donors (Lipinski definition) is 2. The highest BCUT2D eigenvalue weighted by Gasteiger charge is 2.20. The van der Waals surface area contributed by atoms with Crippen molar-refractivity contribution >= 4 is 33.3 Å². The fourth-order valence-corrected chi connectivity index (χ4v) is 2.49. The van der Waals surface area contributed by atoms with Crippen molar-refractivity contribution < 1.29 is 27.7 Å². The summed E-state index contributed by atoms with van der Waals surface area (Å²) in [5.41, 5.74) is 0.156. The van der Waals surface area contributed by atoms with Crippen LogP contribution in [0.1, 0.15) is 17.3 Å². The van der Waals surface area contributed by atoms with E-state index < -0.39 is 32.9 Å². The van der Waals surface area contributed by atoms with Crippen molar-refractivity contribution in [3.63, 3.8) is 0 Å². The van der Waals surface area contributed by atoms with Gasteiger partial charge in [0.15, 0.2) is 6.10 Å². The van der Waals surface area contributed by atoms with Crippen LogP contribution in [0.2, 0.25) is 0 Å². The molecule has 0 aliphatic heterocycles. The molecule has 27 heavy (non-hydrogen) atoms. The molecule has 11 heteroatoms. The second-order valence-corrected chi connectivity index (χ2v) is 6.97. The molecule has 10 nitrogen and oxygen atoms in total. The Morgan fingerprint density at radius 1 is 1.11 bits per heavy atom. The highest BCUT2D eigenvalue weighted by Crippen LogP contribution is 2.15. The molecule has 0 spiro atoms. The molecule has 0 saturated carbocycles. The molecule has 0 heterocycles. The molecule has 2 aromatic carbocycles. The summed E-state index contributed by atoms with van der Waals surface area (Å²) in [4.78, 5) is 34.0. The Kier molecular flexibility index (Phi) is 5.88. The molecule has 0 aliphatic carbocycles. The van der Waals surface area contributed by atoms with Gasteiger partial charge in [0.25, 0.3) is 11.6 Å². The molecule has 1 atom stereocenters. The second kappa shape index (κ2) is 7.93. The number of nitro benzene ring substituents is 1. The Morgan fingerprint density at radius 2 is 1.67 bits per heavy atom. The maximum absolute atomic E-state index is 12.1. The van der Waals surface area contributed by atoms with Crippen LogP contribution in [0.3, 0.4) is 0 Å². The van der Waals surface area contributed by atoms with Crippen LogP contribution in [0.5, 0.6) is 0 Å². The van der Waals surface area contributed by atoms with Crippen molar-refractivity contribution in [3.05, 3.63) is 64.2 Å². The van der Waals surface area contributed by atoms with E-state index >= 15 is 0 Å². The van der Waals surface area contributed by atoms with Gasteiger partial charge in [0.1, 0.15) is 0 Å². The normalized spacial score (nSPS) is 12.1. The van der Waals surface area contributed by atoms with Crippen molar-refractivity contribution in [1.82, 2.24) is 0 Å². The van der Waals surface area contributed by atoms with Gasteiger partial charge >= 0.3 is 5.97 Å². The predicted octanol–water partition coefficient (Wildman–Crippen LogP) is 1.43. The van der Waals surface area contributed by atoms with Gasteiger partial charge in [0.05, 0.1) is 15.4 Å². The van der Waals surface area contributed by atoms with Crippen molar-refractivity contribution in [3.8, 4) is 0 Å². The number of ether oxygens (including phenoxy) is 1. The summed E-state index contributed by atoms with van der Waals surface area (Å²) in [6.07, 6.45) is -1.16. The highest BCUT2D eigenvalue weighted by molar-refractivity contribution is 7.89. The number of primary sulfonamides is 1. The van der Waals surface area contributed by atoms with Crippen LogP contribution in [0.4, 0.5) is 11.4 Å². The maximum Gasteiger partial charge on any atom is 0.338 e. The van der Waals surface area contributed by atoms with Crippen LogP contribution in [0, 0.1) is 10.1 Å². The minimum absolute atomic E-state index is 0.0535. The molecule has 1 amide bonds. The van der Waals surface area contributed by atoms with E-state index in [0.29, 0.717) is 0 Å². The van der Waals surface area contributed by atoms with E-state index in [-0.39, 0.29) is 21.8 Å². The van der Waals surface area contributed by atoms with Crippen LogP contribution in [-0.4, -0.2) is 31.3 Å². The molecule has 1 unspecified atom stereocenters.